The second-order valence-electron chi connectivity index (χ2n) is 3.42. The van der Waals surface area contributed by atoms with Crippen molar-refractivity contribution < 1.29 is 10.0 Å². The van der Waals surface area contributed by atoms with E-state index in [1.54, 1.807) is 6.92 Å². The van der Waals surface area contributed by atoms with E-state index in [-0.39, 0.29) is 6.54 Å². The molecule has 0 radical (unpaired) electrons. The number of amidine groups is 1. The molecule has 0 saturated heterocycles. The van der Waals surface area contributed by atoms with Gasteiger partial charge in [-0.25, -0.2) is 0 Å². The average molecular weight is 282 g/mol. The maximum atomic E-state index is 10.9. The van der Waals surface area contributed by atoms with Crippen LogP contribution in [-0.4, -0.2) is 27.4 Å². The first kappa shape index (κ1) is 14.5. The maximum absolute atomic E-state index is 10.9. The monoisotopic (exact) mass is 281 g/mol. The second kappa shape index (κ2) is 5.85. The highest BCUT2D eigenvalue weighted by atomic mass is 35.5. The van der Waals surface area contributed by atoms with E-state index in [1.165, 1.54) is 12.1 Å². The molecule has 0 saturated carbocycles. The summed E-state index contributed by atoms with van der Waals surface area (Å²) in [7, 11) is 0. The van der Waals surface area contributed by atoms with Gasteiger partial charge in [-0.2, -0.15) is 10.5 Å². The Morgan fingerprint density at radius 2 is 2.16 bits per heavy atom. The minimum atomic E-state index is -0.860. The van der Waals surface area contributed by atoms with E-state index in [0.29, 0.717) is 6.42 Å². The van der Waals surface area contributed by atoms with Crippen LogP contribution in [-0.2, 0) is 0 Å². The van der Waals surface area contributed by atoms with E-state index in [1.807, 2.05) is 0 Å². The van der Waals surface area contributed by atoms with Crippen LogP contribution in [0.5, 0.6) is 0 Å². The molecule has 8 nitrogen and oxygen atoms in total. The van der Waals surface area contributed by atoms with E-state index in [9.17, 15) is 15.2 Å². The van der Waals surface area contributed by atoms with Gasteiger partial charge >= 0.3 is 5.84 Å². The van der Waals surface area contributed by atoms with Gasteiger partial charge in [-0.15, -0.1) is 5.01 Å². The first-order valence-corrected chi connectivity index (χ1v) is 5.50. The van der Waals surface area contributed by atoms with Crippen LogP contribution < -0.4 is 0 Å². The number of rotatable bonds is 2. The van der Waals surface area contributed by atoms with Crippen LogP contribution in [0.4, 0.5) is 0 Å². The highest BCUT2D eigenvalue weighted by Gasteiger charge is 2.37. The normalized spacial score (nSPS) is 14.6. The van der Waals surface area contributed by atoms with Crippen molar-refractivity contribution in [2.24, 2.45) is 5.10 Å². The van der Waals surface area contributed by atoms with Crippen LogP contribution in [0.1, 0.15) is 13.3 Å². The van der Waals surface area contributed by atoms with Gasteiger partial charge in [0, 0.05) is 0 Å². The zero-order valence-electron chi connectivity index (χ0n) is 9.79. The van der Waals surface area contributed by atoms with Crippen LogP contribution in [0, 0.1) is 32.8 Å². The Hall–Kier alpha value is -2.58. The van der Waals surface area contributed by atoms with E-state index in [0.717, 1.165) is 5.01 Å². The Balaban J connectivity index is 3.53. The number of aliphatic hydroxyl groups is 1. The number of halogens is 1. The molecular formula is C10H8ClN5O3. The molecule has 0 aromatic carbocycles. The van der Waals surface area contributed by atoms with Gasteiger partial charge in [-0.3, -0.25) is 0 Å². The molecule has 0 amide bonds. The summed E-state index contributed by atoms with van der Waals surface area (Å²) in [6, 6.07) is 2.98. The number of nitro groups is 1. The van der Waals surface area contributed by atoms with Crippen LogP contribution in [0.15, 0.2) is 27.2 Å². The minimum absolute atomic E-state index is 0.209. The lowest BCUT2D eigenvalue weighted by Crippen LogP contribution is -2.30. The summed E-state index contributed by atoms with van der Waals surface area (Å²) in [5.74, 6) is -1.26. The quantitative estimate of drug-likeness (QED) is 0.465. The molecule has 1 N–H and O–H groups in total. The Morgan fingerprint density at radius 3 is 2.58 bits per heavy atom. The molecule has 0 atom stereocenters. The Morgan fingerprint density at radius 1 is 1.58 bits per heavy atom. The summed E-state index contributed by atoms with van der Waals surface area (Å²) in [6.45, 7) is 1.99. The van der Waals surface area contributed by atoms with E-state index in [4.69, 9.17) is 22.1 Å². The molecular weight excluding hydrogens is 274 g/mol. The zero-order valence-corrected chi connectivity index (χ0v) is 10.5. The molecule has 0 aromatic rings. The van der Waals surface area contributed by atoms with Crippen LogP contribution in [0.2, 0.25) is 0 Å². The van der Waals surface area contributed by atoms with Gasteiger partial charge in [0.05, 0.1) is 11.6 Å². The first-order chi connectivity index (χ1) is 8.97. The fourth-order valence-corrected chi connectivity index (χ4v) is 1.67. The highest BCUT2D eigenvalue weighted by Crippen LogP contribution is 2.29. The van der Waals surface area contributed by atoms with Crippen molar-refractivity contribution in [2.75, 3.05) is 6.54 Å². The summed E-state index contributed by atoms with van der Waals surface area (Å²) < 4.78 is 0. The molecule has 1 rings (SSSR count). The van der Waals surface area contributed by atoms with Gasteiger partial charge < -0.3 is 15.2 Å². The third-order valence-corrected chi connectivity index (χ3v) is 2.54. The largest absolute Gasteiger partial charge is 0.491 e. The highest BCUT2D eigenvalue weighted by molar-refractivity contribution is 6.36. The lowest BCUT2D eigenvalue weighted by Gasteiger charge is -2.18. The third-order valence-electron chi connectivity index (χ3n) is 2.18. The molecule has 19 heavy (non-hydrogen) atoms. The number of aliphatic hydroxyl groups excluding tert-OH is 1. The standard InChI is InChI=1S/C10H8ClN5O3/c1-2-3-15-10(17)8(11)7(6(4-12)5-13)9(14-15)16(18)19/h17H,2-3H2,1H3. The fourth-order valence-electron chi connectivity index (χ4n) is 1.39. The van der Waals surface area contributed by atoms with Crippen LogP contribution in [0.25, 0.3) is 0 Å². The predicted molar refractivity (Wildman–Crippen MR) is 65.2 cm³/mol. The lowest BCUT2D eigenvalue weighted by atomic mass is 10.1. The van der Waals surface area contributed by atoms with E-state index < -0.39 is 32.8 Å². The number of nitriles is 2. The summed E-state index contributed by atoms with van der Waals surface area (Å²) in [6.07, 6.45) is 0.561. The van der Waals surface area contributed by atoms with Gasteiger partial charge in [0.1, 0.15) is 28.3 Å². The van der Waals surface area contributed by atoms with E-state index >= 15 is 0 Å². The molecule has 0 fully saturated rings. The summed E-state index contributed by atoms with van der Waals surface area (Å²) in [4.78, 5) is 10.1. The topological polar surface area (TPSA) is 127 Å². The number of allylic oxidation sites excluding steroid dienone is 1. The number of hydrazone groups is 1. The van der Waals surface area contributed by atoms with Crippen molar-refractivity contribution in [3.63, 3.8) is 0 Å². The number of hydrogen-bond donors (Lipinski definition) is 1. The maximum Gasteiger partial charge on any atom is 0.399 e. The Labute approximate surface area is 113 Å². The van der Waals surface area contributed by atoms with Crippen molar-refractivity contribution in [2.45, 2.75) is 13.3 Å². The summed E-state index contributed by atoms with van der Waals surface area (Å²) in [5, 5.41) is 42.4. The molecule has 1 heterocycles. The predicted octanol–water partition coefficient (Wildman–Crippen LogP) is 1.61. The number of nitrogens with zero attached hydrogens (tertiary/aromatic N) is 5. The molecule has 9 heteroatoms. The zero-order chi connectivity index (χ0) is 14.6. The summed E-state index contributed by atoms with van der Waals surface area (Å²) >= 11 is 5.80. The third kappa shape index (κ3) is 2.64. The van der Waals surface area contributed by atoms with Crippen LogP contribution in [0.3, 0.4) is 0 Å². The molecule has 0 unspecified atom stereocenters. The number of hydrogen-bond acceptors (Lipinski definition) is 7. The molecule has 98 valence electrons. The van der Waals surface area contributed by atoms with E-state index in [2.05, 4.69) is 5.10 Å². The van der Waals surface area contributed by atoms with Crippen molar-refractivity contribution in [3.8, 4) is 12.1 Å². The molecule has 1 aliphatic heterocycles. The molecule has 0 aliphatic carbocycles. The van der Waals surface area contributed by atoms with Crippen molar-refractivity contribution in [1.29, 1.82) is 10.5 Å². The molecule has 0 bridgehead atoms. The van der Waals surface area contributed by atoms with Gasteiger partial charge in [0.15, 0.2) is 0 Å². The van der Waals surface area contributed by atoms with Crippen LogP contribution >= 0.6 is 11.6 Å². The molecule has 1 aliphatic rings. The molecule has 0 aromatic heterocycles. The second-order valence-corrected chi connectivity index (χ2v) is 3.79. The average Bonchev–Trinajstić information content (AvgIpc) is 2.38. The fraction of sp³-hybridized carbons (Fsp3) is 0.300. The van der Waals surface area contributed by atoms with Gasteiger partial charge in [0.2, 0.25) is 5.88 Å². The van der Waals surface area contributed by atoms with Crippen molar-refractivity contribution in [1.82, 2.24) is 5.01 Å². The first-order valence-electron chi connectivity index (χ1n) is 5.12. The smallest absolute Gasteiger partial charge is 0.399 e. The lowest BCUT2D eigenvalue weighted by molar-refractivity contribution is -0.350. The Kier molecular flexibility index (Phi) is 4.46. The van der Waals surface area contributed by atoms with Gasteiger partial charge in [0.25, 0.3) is 0 Å². The van der Waals surface area contributed by atoms with Gasteiger partial charge in [-0.05, 0) is 11.3 Å². The molecule has 0 spiro atoms. The Bertz CT molecular complexity index is 577. The summed E-state index contributed by atoms with van der Waals surface area (Å²) in [5.41, 5.74) is -1.05. The van der Waals surface area contributed by atoms with Crippen molar-refractivity contribution >= 4 is 17.4 Å². The SMILES string of the molecule is CCCN1N=C([N+](=O)[O-])C(=C(C#N)C#N)C(Cl)=C1O. The van der Waals surface area contributed by atoms with Gasteiger partial charge in [-0.1, -0.05) is 18.5 Å². The van der Waals surface area contributed by atoms with Crippen molar-refractivity contribution in [3.05, 3.63) is 32.2 Å². The minimum Gasteiger partial charge on any atom is -0.491 e.